The highest BCUT2D eigenvalue weighted by Crippen LogP contribution is 2.31. The lowest BCUT2D eigenvalue weighted by molar-refractivity contribution is 0.415. The summed E-state index contributed by atoms with van der Waals surface area (Å²) in [4.78, 5) is 0. The van der Waals surface area contributed by atoms with E-state index in [-0.39, 0.29) is 0 Å². The van der Waals surface area contributed by atoms with Crippen molar-refractivity contribution in [2.45, 2.75) is 10.1 Å². The van der Waals surface area contributed by atoms with Gasteiger partial charge in [0.25, 0.3) is 0 Å². The molecule has 118 valence electrons. The van der Waals surface area contributed by atoms with Gasteiger partial charge in [-0.3, -0.25) is 0 Å². The molecule has 0 atom stereocenters. The Morgan fingerprint density at radius 3 is 2.65 bits per heavy atom. The van der Waals surface area contributed by atoms with Crippen LogP contribution in [0.5, 0.6) is 5.75 Å². The summed E-state index contributed by atoms with van der Waals surface area (Å²) in [6, 6.07) is 15.5. The van der Waals surface area contributed by atoms with Gasteiger partial charge in [-0.2, -0.15) is 0 Å². The molecule has 3 aromatic rings. The van der Waals surface area contributed by atoms with E-state index in [1.165, 1.54) is 11.3 Å². The normalized spacial score (nSPS) is 10.5. The molecule has 2 aromatic carbocycles. The number of benzene rings is 2. The number of nitrogens with one attached hydrogen (secondary N) is 1. The highest BCUT2D eigenvalue weighted by molar-refractivity contribution is 8.00. The van der Waals surface area contributed by atoms with E-state index in [0.717, 1.165) is 37.2 Å². The van der Waals surface area contributed by atoms with Gasteiger partial charge in [-0.15, -0.1) is 10.2 Å². The number of rotatable bonds is 6. The Kier molecular flexibility index (Phi) is 5.38. The summed E-state index contributed by atoms with van der Waals surface area (Å²) in [5, 5.41) is 13.1. The van der Waals surface area contributed by atoms with Gasteiger partial charge in [-0.25, -0.2) is 0 Å². The second-order valence-corrected chi connectivity index (χ2v) is 7.21. The van der Waals surface area contributed by atoms with Crippen molar-refractivity contribution in [1.29, 1.82) is 0 Å². The van der Waals surface area contributed by atoms with Gasteiger partial charge in [0.05, 0.1) is 7.11 Å². The minimum atomic E-state index is 0.761. The van der Waals surface area contributed by atoms with Gasteiger partial charge in [0.15, 0.2) is 4.34 Å². The molecule has 0 unspecified atom stereocenters. The molecule has 3 rings (SSSR count). The van der Waals surface area contributed by atoms with E-state index < -0.39 is 0 Å². The zero-order chi connectivity index (χ0) is 16.1. The first-order chi connectivity index (χ1) is 11.2. The van der Waals surface area contributed by atoms with E-state index in [1.807, 2.05) is 48.5 Å². The third kappa shape index (κ3) is 4.37. The maximum atomic E-state index is 6.16. The van der Waals surface area contributed by atoms with Crippen LogP contribution in [0.1, 0.15) is 5.56 Å². The number of aromatic nitrogens is 2. The first kappa shape index (κ1) is 16.1. The van der Waals surface area contributed by atoms with Gasteiger partial charge < -0.3 is 10.1 Å². The summed E-state index contributed by atoms with van der Waals surface area (Å²) in [5.74, 6) is 1.60. The van der Waals surface area contributed by atoms with E-state index in [9.17, 15) is 0 Å². The second kappa shape index (κ2) is 7.68. The van der Waals surface area contributed by atoms with Crippen molar-refractivity contribution in [2.24, 2.45) is 0 Å². The Morgan fingerprint density at radius 2 is 1.91 bits per heavy atom. The molecule has 0 radical (unpaired) electrons. The number of halogens is 1. The summed E-state index contributed by atoms with van der Waals surface area (Å²) in [7, 11) is 1.65. The lowest BCUT2D eigenvalue weighted by Crippen LogP contribution is -1.89. The van der Waals surface area contributed by atoms with Crippen molar-refractivity contribution in [3.63, 3.8) is 0 Å². The third-order valence-electron chi connectivity index (χ3n) is 3.06. The number of nitrogens with zero attached hydrogens (tertiary/aromatic N) is 2. The highest BCUT2D eigenvalue weighted by atomic mass is 35.5. The van der Waals surface area contributed by atoms with E-state index in [0.29, 0.717) is 0 Å². The Hall–Kier alpha value is -1.76. The van der Waals surface area contributed by atoms with Gasteiger partial charge in [0.1, 0.15) is 5.75 Å². The molecule has 0 amide bonds. The number of hydrogen-bond acceptors (Lipinski definition) is 6. The SMILES string of the molecule is COc1ccc(Nc2nnc(SCc3ccccc3Cl)s2)cc1. The van der Waals surface area contributed by atoms with Crippen molar-refractivity contribution >= 4 is 45.5 Å². The van der Waals surface area contributed by atoms with Crippen LogP contribution in [-0.2, 0) is 5.75 Å². The van der Waals surface area contributed by atoms with Crippen LogP contribution >= 0.6 is 34.7 Å². The van der Waals surface area contributed by atoms with Crippen LogP contribution in [0.4, 0.5) is 10.8 Å². The first-order valence-corrected chi connectivity index (χ1v) is 9.03. The average molecular weight is 364 g/mol. The molecule has 0 saturated heterocycles. The molecular weight excluding hydrogens is 350 g/mol. The minimum absolute atomic E-state index is 0.761. The molecule has 1 heterocycles. The topological polar surface area (TPSA) is 47.0 Å². The van der Waals surface area contributed by atoms with Crippen LogP contribution in [0.15, 0.2) is 52.9 Å². The molecule has 1 N–H and O–H groups in total. The fourth-order valence-electron chi connectivity index (χ4n) is 1.87. The smallest absolute Gasteiger partial charge is 0.210 e. The van der Waals surface area contributed by atoms with Gasteiger partial charge in [0.2, 0.25) is 5.13 Å². The number of hydrogen-bond donors (Lipinski definition) is 1. The number of methoxy groups -OCH3 is 1. The van der Waals surface area contributed by atoms with Crippen LogP contribution in [0.2, 0.25) is 5.02 Å². The maximum Gasteiger partial charge on any atom is 0.210 e. The Morgan fingerprint density at radius 1 is 1.13 bits per heavy atom. The largest absolute Gasteiger partial charge is 0.497 e. The lowest BCUT2D eigenvalue weighted by Gasteiger charge is -2.03. The highest BCUT2D eigenvalue weighted by Gasteiger charge is 2.07. The van der Waals surface area contributed by atoms with Crippen molar-refractivity contribution in [1.82, 2.24) is 10.2 Å². The molecular formula is C16H14ClN3OS2. The summed E-state index contributed by atoms with van der Waals surface area (Å²) in [5.41, 5.74) is 2.05. The van der Waals surface area contributed by atoms with Crippen LogP contribution in [-0.4, -0.2) is 17.3 Å². The predicted molar refractivity (Wildman–Crippen MR) is 97.2 cm³/mol. The fraction of sp³-hybridized carbons (Fsp3) is 0.125. The van der Waals surface area contributed by atoms with Gasteiger partial charge >= 0.3 is 0 Å². The Balaban J connectivity index is 1.60. The molecule has 1 aromatic heterocycles. The minimum Gasteiger partial charge on any atom is -0.497 e. The van der Waals surface area contributed by atoms with Gasteiger partial charge in [0, 0.05) is 16.5 Å². The Labute approximate surface area is 147 Å². The van der Waals surface area contributed by atoms with Gasteiger partial charge in [-0.1, -0.05) is 52.9 Å². The summed E-state index contributed by atoms with van der Waals surface area (Å²) >= 11 is 9.30. The lowest BCUT2D eigenvalue weighted by atomic mass is 10.2. The monoisotopic (exact) mass is 363 g/mol. The zero-order valence-corrected chi connectivity index (χ0v) is 14.7. The standard InChI is InChI=1S/C16H14ClN3OS2/c1-21-13-8-6-12(7-9-13)18-15-19-20-16(23-15)22-10-11-4-2-3-5-14(11)17/h2-9H,10H2,1H3,(H,18,19). The van der Waals surface area contributed by atoms with E-state index in [2.05, 4.69) is 15.5 Å². The molecule has 23 heavy (non-hydrogen) atoms. The van der Waals surface area contributed by atoms with Crippen molar-refractivity contribution in [3.05, 3.63) is 59.1 Å². The van der Waals surface area contributed by atoms with E-state index in [1.54, 1.807) is 18.9 Å². The van der Waals surface area contributed by atoms with E-state index >= 15 is 0 Å². The predicted octanol–water partition coefficient (Wildman–Crippen LogP) is 5.24. The molecule has 4 nitrogen and oxygen atoms in total. The number of anilines is 2. The second-order valence-electron chi connectivity index (χ2n) is 4.61. The molecule has 0 aliphatic carbocycles. The molecule has 0 bridgehead atoms. The molecule has 0 aliphatic rings. The summed E-state index contributed by atoms with van der Waals surface area (Å²) < 4.78 is 6.04. The third-order valence-corrected chi connectivity index (χ3v) is 5.45. The molecule has 0 spiro atoms. The summed E-state index contributed by atoms with van der Waals surface area (Å²) in [6.45, 7) is 0. The van der Waals surface area contributed by atoms with Crippen molar-refractivity contribution < 1.29 is 4.74 Å². The van der Waals surface area contributed by atoms with Crippen LogP contribution in [0.25, 0.3) is 0 Å². The maximum absolute atomic E-state index is 6.16. The molecule has 0 fully saturated rings. The molecule has 7 heteroatoms. The van der Waals surface area contributed by atoms with Crippen LogP contribution in [0, 0.1) is 0 Å². The quantitative estimate of drug-likeness (QED) is 0.607. The van der Waals surface area contributed by atoms with Crippen LogP contribution in [0.3, 0.4) is 0 Å². The van der Waals surface area contributed by atoms with Crippen molar-refractivity contribution in [3.8, 4) is 5.75 Å². The van der Waals surface area contributed by atoms with Crippen LogP contribution < -0.4 is 10.1 Å². The first-order valence-electron chi connectivity index (χ1n) is 6.85. The molecule has 0 aliphatic heterocycles. The van der Waals surface area contributed by atoms with Crippen molar-refractivity contribution in [2.75, 3.05) is 12.4 Å². The van der Waals surface area contributed by atoms with E-state index in [4.69, 9.17) is 16.3 Å². The summed E-state index contributed by atoms with van der Waals surface area (Å²) in [6.07, 6.45) is 0. The Bertz CT molecular complexity index is 777. The zero-order valence-electron chi connectivity index (χ0n) is 12.3. The molecule has 0 saturated carbocycles. The number of ether oxygens (including phenoxy) is 1. The fourth-order valence-corrected chi connectivity index (χ4v) is 3.93. The van der Waals surface area contributed by atoms with Gasteiger partial charge in [-0.05, 0) is 35.9 Å². The average Bonchev–Trinajstić information content (AvgIpc) is 3.02. The number of thioether (sulfide) groups is 1.